The van der Waals surface area contributed by atoms with Crippen LogP contribution in [0.5, 0.6) is 0 Å². The standard InChI is InChI=1S/C9H16NO2/c11-7-9(12)10-8-5-3-1-2-4-6-8/h8H,1-7H2,(H,10,12). The van der Waals surface area contributed by atoms with Gasteiger partial charge in [-0.2, -0.15) is 0 Å². The number of amides is 1. The molecule has 12 heavy (non-hydrogen) atoms. The number of rotatable bonds is 2. The summed E-state index contributed by atoms with van der Waals surface area (Å²) in [6.45, 7) is -0.628. The first-order valence-corrected chi connectivity index (χ1v) is 4.70. The van der Waals surface area contributed by atoms with E-state index in [0.29, 0.717) is 0 Å². The molecule has 1 radical (unpaired) electrons. The summed E-state index contributed by atoms with van der Waals surface area (Å²) < 4.78 is 0. The Labute approximate surface area is 73.2 Å². The second kappa shape index (κ2) is 5.14. The second-order valence-electron chi connectivity index (χ2n) is 3.40. The van der Waals surface area contributed by atoms with Crippen molar-refractivity contribution >= 4 is 5.91 Å². The average molecular weight is 170 g/mol. The predicted molar refractivity (Wildman–Crippen MR) is 45.2 cm³/mol. The van der Waals surface area contributed by atoms with Crippen LogP contribution in [0.3, 0.4) is 0 Å². The summed E-state index contributed by atoms with van der Waals surface area (Å²) in [4.78, 5) is 10.8. The third kappa shape index (κ3) is 3.22. The van der Waals surface area contributed by atoms with E-state index in [0.717, 1.165) is 12.8 Å². The molecule has 1 saturated carbocycles. The molecule has 0 saturated heterocycles. The van der Waals surface area contributed by atoms with Crippen molar-refractivity contribution in [3.05, 3.63) is 0 Å². The summed E-state index contributed by atoms with van der Waals surface area (Å²) >= 11 is 0. The van der Waals surface area contributed by atoms with Crippen molar-refractivity contribution in [3.63, 3.8) is 0 Å². The van der Waals surface area contributed by atoms with Gasteiger partial charge >= 0.3 is 0 Å². The molecule has 0 aromatic rings. The van der Waals surface area contributed by atoms with E-state index >= 15 is 0 Å². The van der Waals surface area contributed by atoms with Crippen LogP contribution in [-0.4, -0.2) is 18.6 Å². The Morgan fingerprint density at radius 3 is 2.25 bits per heavy atom. The van der Waals surface area contributed by atoms with Crippen molar-refractivity contribution in [2.75, 3.05) is 6.61 Å². The van der Waals surface area contributed by atoms with E-state index in [4.69, 9.17) is 0 Å². The quantitative estimate of drug-likeness (QED) is 0.623. The molecule has 69 valence electrons. The zero-order chi connectivity index (χ0) is 8.81. The van der Waals surface area contributed by atoms with Crippen LogP contribution in [0.1, 0.15) is 38.5 Å². The molecule has 1 rings (SSSR count). The first-order chi connectivity index (χ1) is 5.83. The Bertz CT molecular complexity index is 139. The van der Waals surface area contributed by atoms with Gasteiger partial charge in [-0.25, -0.2) is 5.11 Å². The minimum absolute atomic E-state index is 0.272. The molecule has 0 heterocycles. The summed E-state index contributed by atoms with van der Waals surface area (Å²) in [6, 6.07) is 0.272. The van der Waals surface area contributed by atoms with Crippen molar-refractivity contribution in [2.45, 2.75) is 44.6 Å². The highest BCUT2D eigenvalue weighted by molar-refractivity contribution is 5.77. The maximum atomic E-state index is 10.8. The van der Waals surface area contributed by atoms with Gasteiger partial charge in [0, 0.05) is 6.04 Å². The van der Waals surface area contributed by atoms with E-state index in [1.165, 1.54) is 25.7 Å². The van der Waals surface area contributed by atoms with Crippen LogP contribution >= 0.6 is 0 Å². The molecule has 0 atom stereocenters. The molecule has 3 nitrogen and oxygen atoms in total. The van der Waals surface area contributed by atoms with Crippen molar-refractivity contribution < 1.29 is 9.90 Å². The first kappa shape index (κ1) is 9.52. The summed E-state index contributed by atoms with van der Waals surface area (Å²) in [5, 5.41) is 12.9. The van der Waals surface area contributed by atoms with Crippen molar-refractivity contribution in [1.29, 1.82) is 0 Å². The lowest BCUT2D eigenvalue weighted by molar-refractivity contribution is -0.126. The molecule has 0 aromatic heterocycles. The molecular formula is C9H16NO2. The van der Waals surface area contributed by atoms with Gasteiger partial charge in [0.15, 0.2) is 6.61 Å². The number of nitrogens with one attached hydrogen (secondary N) is 1. The Balaban J connectivity index is 2.24. The molecule has 0 aliphatic heterocycles. The van der Waals surface area contributed by atoms with Crippen LogP contribution in [-0.2, 0) is 9.90 Å². The van der Waals surface area contributed by atoms with Crippen LogP contribution in [0, 0.1) is 0 Å². The number of hydrogen-bond donors (Lipinski definition) is 1. The minimum atomic E-state index is -0.628. The van der Waals surface area contributed by atoms with Gasteiger partial charge in [-0.3, -0.25) is 4.79 Å². The molecule has 0 unspecified atom stereocenters. The van der Waals surface area contributed by atoms with Crippen LogP contribution < -0.4 is 5.32 Å². The van der Waals surface area contributed by atoms with Gasteiger partial charge in [-0.05, 0) is 12.8 Å². The van der Waals surface area contributed by atoms with E-state index in [1.54, 1.807) is 0 Å². The van der Waals surface area contributed by atoms with E-state index in [-0.39, 0.29) is 11.9 Å². The second-order valence-corrected chi connectivity index (χ2v) is 3.40. The lowest BCUT2D eigenvalue weighted by Gasteiger charge is -2.14. The van der Waals surface area contributed by atoms with Gasteiger partial charge in [0.2, 0.25) is 5.91 Å². The molecule has 1 fully saturated rings. The first-order valence-electron chi connectivity index (χ1n) is 4.70. The van der Waals surface area contributed by atoms with E-state index < -0.39 is 6.61 Å². The maximum Gasteiger partial charge on any atom is 0.249 e. The van der Waals surface area contributed by atoms with Crippen LogP contribution in [0.15, 0.2) is 0 Å². The van der Waals surface area contributed by atoms with Crippen LogP contribution in [0.2, 0.25) is 0 Å². The van der Waals surface area contributed by atoms with Gasteiger partial charge in [-0.15, -0.1) is 0 Å². The lowest BCUT2D eigenvalue weighted by atomic mass is 10.1. The van der Waals surface area contributed by atoms with Gasteiger partial charge in [0.05, 0.1) is 0 Å². The molecule has 0 bridgehead atoms. The summed E-state index contributed by atoms with van der Waals surface area (Å²) in [5.74, 6) is -0.345. The molecule has 0 spiro atoms. The largest absolute Gasteiger partial charge is 0.351 e. The van der Waals surface area contributed by atoms with Gasteiger partial charge < -0.3 is 5.32 Å². The third-order valence-electron chi connectivity index (χ3n) is 2.35. The zero-order valence-corrected chi connectivity index (χ0v) is 7.34. The van der Waals surface area contributed by atoms with Gasteiger partial charge in [0.25, 0.3) is 0 Å². The highest BCUT2D eigenvalue weighted by atomic mass is 16.3. The molecule has 3 heteroatoms. The number of carbonyl (C=O) groups is 1. The number of hydrogen-bond acceptors (Lipinski definition) is 1. The monoisotopic (exact) mass is 170 g/mol. The van der Waals surface area contributed by atoms with Crippen LogP contribution in [0.25, 0.3) is 0 Å². The Morgan fingerprint density at radius 1 is 1.17 bits per heavy atom. The Morgan fingerprint density at radius 2 is 1.75 bits per heavy atom. The van der Waals surface area contributed by atoms with E-state index in [2.05, 4.69) is 5.32 Å². The fourth-order valence-electron chi connectivity index (χ4n) is 1.69. The summed E-state index contributed by atoms with van der Waals surface area (Å²) in [6.07, 6.45) is 7.00. The molecule has 1 aliphatic rings. The Hall–Kier alpha value is -0.570. The minimum Gasteiger partial charge on any atom is -0.351 e. The van der Waals surface area contributed by atoms with Crippen LogP contribution in [0.4, 0.5) is 0 Å². The Kier molecular flexibility index (Phi) is 4.08. The predicted octanol–water partition coefficient (Wildman–Crippen LogP) is 1.26. The molecule has 0 aromatic carbocycles. The zero-order valence-electron chi connectivity index (χ0n) is 7.34. The van der Waals surface area contributed by atoms with E-state index in [1.807, 2.05) is 0 Å². The summed E-state index contributed by atoms with van der Waals surface area (Å²) in [7, 11) is 0. The normalized spacial score (nSPS) is 20.1. The molecule has 1 amide bonds. The van der Waals surface area contributed by atoms with Crippen molar-refractivity contribution in [1.82, 2.24) is 5.32 Å². The SMILES string of the molecule is [O]CC(=O)NC1CCCCCC1. The fourth-order valence-corrected chi connectivity index (χ4v) is 1.69. The average Bonchev–Trinajstić information content (AvgIpc) is 2.33. The molecular weight excluding hydrogens is 154 g/mol. The van der Waals surface area contributed by atoms with Gasteiger partial charge in [0.1, 0.15) is 0 Å². The molecule has 1 N–H and O–H groups in total. The highest BCUT2D eigenvalue weighted by Crippen LogP contribution is 2.16. The topological polar surface area (TPSA) is 49.0 Å². The lowest BCUT2D eigenvalue weighted by Crippen LogP contribution is -2.35. The van der Waals surface area contributed by atoms with E-state index in [9.17, 15) is 9.90 Å². The third-order valence-corrected chi connectivity index (χ3v) is 2.35. The maximum absolute atomic E-state index is 10.8. The van der Waals surface area contributed by atoms with Crippen molar-refractivity contribution in [2.24, 2.45) is 0 Å². The molecule has 1 aliphatic carbocycles. The highest BCUT2D eigenvalue weighted by Gasteiger charge is 2.13. The van der Waals surface area contributed by atoms with Gasteiger partial charge in [-0.1, -0.05) is 25.7 Å². The summed E-state index contributed by atoms with van der Waals surface area (Å²) in [5.41, 5.74) is 0. The van der Waals surface area contributed by atoms with Crippen molar-refractivity contribution in [3.8, 4) is 0 Å². The smallest absolute Gasteiger partial charge is 0.249 e. The fraction of sp³-hybridized carbons (Fsp3) is 0.889. The number of carbonyl (C=O) groups excluding carboxylic acids is 1.